The summed E-state index contributed by atoms with van der Waals surface area (Å²) in [4.78, 5) is 34.1. The Morgan fingerprint density at radius 2 is 1.72 bits per heavy atom. The number of amides is 1. The van der Waals surface area contributed by atoms with Crippen LogP contribution in [-0.2, 0) is 4.79 Å². The lowest BCUT2D eigenvalue weighted by molar-refractivity contribution is -0.116. The number of ketones is 1. The molecule has 2 aromatic carbocycles. The molecule has 1 amide bonds. The number of nitrogens with one attached hydrogen (secondary N) is 1. The molecular weight excluding hydrogens is 406 g/mol. The Labute approximate surface area is 176 Å². The number of aromatic nitrogens is 2. The van der Waals surface area contributed by atoms with Crippen LogP contribution in [0.1, 0.15) is 23.2 Å². The molecule has 0 aliphatic heterocycles. The molecule has 0 atom stereocenters. The predicted octanol–water partition coefficient (Wildman–Crippen LogP) is 5.61. The van der Waals surface area contributed by atoms with E-state index in [0.29, 0.717) is 16.3 Å². The van der Waals surface area contributed by atoms with Crippen LogP contribution in [0, 0.1) is 0 Å². The third kappa shape index (κ3) is 4.67. The van der Waals surface area contributed by atoms with Crippen molar-refractivity contribution in [1.82, 2.24) is 9.97 Å². The number of carbonyl (C=O) groups excluding carboxylic acids is 2. The summed E-state index contributed by atoms with van der Waals surface area (Å²) in [5.74, 6) is -0.291. The molecule has 144 valence electrons. The lowest BCUT2D eigenvalue weighted by atomic mass is 10.1. The number of anilines is 1. The number of carbonyl (C=O) groups is 2. The van der Waals surface area contributed by atoms with Crippen LogP contribution in [0.4, 0.5) is 5.69 Å². The Kier molecular flexibility index (Phi) is 5.64. The normalized spacial score (nSPS) is 10.8. The van der Waals surface area contributed by atoms with Crippen molar-refractivity contribution >= 4 is 50.7 Å². The van der Waals surface area contributed by atoms with Gasteiger partial charge in [-0.15, -0.1) is 0 Å². The standard InChI is InChI=1S/C22H16ClN3O2S/c23-16-7-3-14(4-8-16)19(27)11-12-20(28)25-17-9-5-15(6-10-17)21-26-18-2-1-13-24-22(18)29-21/h1-10,13H,11-12H2,(H,25,28). The minimum Gasteiger partial charge on any atom is -0.326 e. The van der Waals surface area contributed by atoms with E-state index in [1.165, 1.54) is 11.3 Å². The molecule has 7 heteroatoms. The number of hydrogen-bond donors (Lipinski definition) is 1. The first-order valence-corrected chi connectivity index (χ1v) is 10.2. The first-order valence-electron chi connectivity index (χ1n) is 8.99. The van der Waals surface area contributed by atoms with E-state index in [1.807, 2.05) is 36.4 Å². The van der Waals surface area contributed by atoms with E-state index in [-0.39, 0.29) is 24.5 Å². The fourth-order valence-electron chi connectivity index (χ4n) is 2.82. The minimum absolute atomic E-state index is 0.0865. The summed E-state index contributed by atoms with van der Waals surface area (Å²) in [5.41, 5.74) is 3.06. The first-order chi connectivity index (χ1) is 14.1. The van der Waals surface area contributed by atoms with Gasteiger partial charge in [0.1, 0.15) is 15.4 Å². The van der Waals surface area contributed by atoms with Gasteiger partial charge in [-0.2, -0.15) is 0 Å². The summed E-state index contributed by atoms with van der Waals surface area (Å²) in [7, 11) is 0. The van der Waals surface area contributed by atoms with Gasteiger partial charge in [0.15, 0.2) is 5.78 Å². The van der Waals surface area contributed by atoms with Gasteiger partial charge in [-0.25, -0.2) is 9.97 Å². The molecule has 0 saturated carbocycles. The number of Topliss-reactive ketones (excluding diaryl/α,β-unsaturated/α-hetero) is 1. The molecule has 0 spiro atoms. The summed E-state index contributed by atoms with van der Waals surface area (Å²) in [5, 5.41) is 4.28. The van der Waals surface area contributed by atoms with Crippen LogP contribution in [-0.4, -0.2) is 21.7 Å². The molecule has 2 heterocycles. The maximum Gasteiger partial charge on any atom is 0.224 e. The van der Waals surface area contributed by atoms with Crippen LogP contribution in [0.2, 0.25) is 5.02 Å². The van der Waals surface area contributed by atoms with Crippen molar-refractivity contribution in [2.75, 3.05) is 5.32 Å². The molecular formula is C22H16ClN3O2S. The molecule has 0 aliphatic carbocycles. The average molecular weight is 422 g/mol. The Hall–Kier alpha value is -3.09. The number of fused-ring (bicyclic) bond motifs is 1. The number of nitrogens with zero attached hydrogens (tertiary/aromatic N) is 2. The number of pyridine rings is 1. The van der Waals surface area contributed by atoms with Crippen LogP contribution >= 0.6 is 22.9 Å². The second kappa shape index (κ2) is 8.51. The first kappa shape index (κ1) is 19.2. The highest BCUT2D eigenvalue weighted by molar-refractivity contribution is 7.21. The molecule has 0 radical (unpaired) electrons. The molecule has 4 rings (SSSR count). The maximum absolute atomic E-state index is 12.2. The number of halogens is 1. The molecule has 0 unspecified atom stereocenters. The molecule has 0 aliphatic rings. The molecule has 2 aromatic heterocycles. The van der Waals surface area contributed by atoms with Crippen molar-refractivity contribution < 1.29 is 9.59 Å². The fourth-order valence-corrected chi connectivity index (χ4v) is 3.86. The molecule has 29 heavy (non-hydrogen) atoms. The highest BCUT2D eigenvalue weighted by Gasteiger charge is 2.11. The van der Waals surface area contributed by atoms with E-state index in [2.05, 4.69) is 15.3 Å². The topological polar surface area (TPSA) is 72.0 Å². The van der Waals surface area contributed by atoms with E-state index < -0.39 is 0 Å². The number of thiazole rings is 1. The molecule has 1 N–H and O–H groups in total. The van der Waals surface area contributed by atoms with Gasteiger partial charge >= 0.3 is 0 Å². The van der Waals surface area contributed by atoms with Crippen molar-refractivity contribution in [3.63, 3.8) is 0 Å². The zero-order chi connectivity index (χ0) is 20.2. The van der Waals surface area contributed by atoms with Crippen LogP contribution in [0.3, 0.4) is 0 Å². The van der Waals surface area contributed by atoms with Crippen LogP contribution in [0.5, 0.6) is 0 Å². The second-order valence-electron chi connectivity index (χ2n) is 6.40. The van der Waals surface area contributed by atoms with Gasteiger partial charge in [-0.1, -0.05) is 22.9 Å². The second-order valence-corrected chi connectivity index (χ2v) is 7.82. The van der Waals surface area contributed by atoms with E-state index in [4.69, 9.17) is 11.6 Å². The lowest BCUT2D eigenvalue weighted by Gasteiger charge is -2.06. The molecule has 5 nitrogen and oxygen atoms in total. The number of hydrogen-bond acceptors (Lipinski definition) is 5. The van der Waals surface area contributed by atoms with Gasteiger partial charge < -0.3 is 5.32 Å². The molecule has 0 fully saturated rings. The highest BCUT2D eigenvalue weighted by atomic mass is 35.5. The van der Waals surface area contributed by atoms with Crippen LogP contribution in [0.15, 0.2) is 66.9 Å². The van der Waals surface area contributed by atoms with Gasteiger partial charge in [-0.3, -0.25) is 9.59 Å². The monoisotopic (exact) mass is 421 g/mol. The summed E-state index contributed by atoms with van der Waals surface area (Å²) < 4.78 is 0. The largest absolute Gasteiger partial charge is 0.326 e. The predicted molar refractivity (Wildman–Crippen MR) is 116 cm³/mol. The average Bonchev–Trinajstić information content (AvgIpc) is 3.17. The molecule has 0 bridgehead atoms. The van der Waals surface area contributed by atoms with E-state index in [9.17, 15) is 9.59 Å². The van der Waals surface area contributed by atoms with Crippen molar-refractivity contribution in [3.05, 3.63) is 77.4 Å². The van der Waals surface area contributed by atoms with Gasteiger partial charge in [0.05, 0.1) is 0 Å². The van der Waals surface area contributed by atoms with Gasteiger partial charge in [0.2, 0.25) is 5.91 Å². The van der Waals surface area contributed by atoms with Crippen molar-refractivity contribution in [1.29, 1.82) is 0 Å². The Balaban J connectivity index is 1.35. The Morgan fingerprint density at radius 1 is 0.966 bits per heavy atom. The Bertz CT molecular complexity index is 1140. The van der Waals surface area contributed by atoms with Crippen LogP contribution in [0.25, 0.3) is 20.9 Å². The van der Waals surface area contributed by atoms with Crippen molar-refractivity contribution in [3.8, 4) is 10.6 Å². The van der Waals surface area contributed by atoms with Crippen molar-refractivity contribution in [2.45, 2.75) is 12.8 Å². The molecule has 4 aromatic rings. The zero-order valence-corrected chi connectivity index (χ0v) is 16.8. The van der Waals surface area contributed by atoms with Gasteiger partial charge in [0, 0.05) is 40.9 Å². The summed E-state index contributed by atoms with van der Waals surface area (Å²) >= 11 is 7.35. The van der Waals surface area contributed by atoms with Crippen molar-refractivity contribution in [2.24, 2.45) is 0 Å². The fraction of sp³-hybridized carbons (Fsp3) is 0.0909. The lowest BCUT2D eigenvalue weighted by Crippen LogP contribution is -2.13. The van der Waals surface area contributed by atoms with E-state index in [0.717, 1.165) is 20.9 Å². The number of benzene rings is 2. The maximum atomic E-state index is 12.2. The summed E-state index contributed by atoms with van der Waals surface area (Å²) in [6.07, 6.45) is 2.01. The Morgan fingerprint density at radius 3 is 2.45 bits per heavy atom. The number of rotatable bonds is 6. The highest BCUT2D eigenvalue weighted by Crippen LogP contribution is 2.29. The smallest absolute Gasteiger partial charge is 0.224 e. The third-order valence-corrected chi connectivity index (χ3v) is 5.61. The van der Waals surface area contributed by atoms with Gasteiger partial charge in [0.25, 0.3) is 0 Å². The van der Waals surface area contributed by atoms with Crippen LogP contribution < -0.4 is 5.32 Å². The summed E-state index contributed by atoms with van der Waals surface area (Å²) in [6.45, 7) is 0. The quantitative estimate of drug-likeness (QED) is 0.410. The van der Waals surface area contributed by atoms with E-state index >= 15 is 0 Å². The SMILES string of the molecule is O=C(CCC(=O)c1ccc(Cl)cc1)Nc1ccc(-c2nc3cccnc3s2)cc1. The minimum atomic E-state index is -0.204. The van der Waals surface area contributed by atoms with E-state index in [1.54, 1.807) is 30.5 Å². The zero-order valence-electron chi connectivity index (χ0n) is 15.3. The molecule has 0 saturated heterocycles. The summed E-state index contributed by atoms with van der Waals surface area (Å²) in [6, 6.07) is 17.9. The van der Waals surface area contributed by atoms with Gasteiger partial charge in [-0.05, 0) is 60.7 Å². The third-order valence-electron chi connectivity index (χ3n) is 4.33.